The molecule has 0 radical (unpaired) electrons. The molecule has 0 fully saturated rings. The Morgan fingerprint density at radius 1 is 0.862 bits per heavy atom. The molecule has 2 amide bonds. The zero-order valence-electron chi connectivity index (χ0n) is 16.0. The van der Waals surface area contributed by atoms with Crippen LogP contribution in [0.25, 0.3) is 0 Å². The third kappa shape index (κ3) is 7.08. The first-order valence-corrected chi connectivity index (χ1v) is 10.4. The van der Waals surface area contributed by atoms with Crippen LogP contribution in [-0.4, -0.2) is 23.3 Å². The smallest absolute Gasteiger partial charge is 0.251 e. The number of nitrogens with one attached hydrogen (secondary N) is 2. The van der Waals surface area contributed by atoms with Crippen molar-refractivity contribution in [1.82, 2.24) is 15.6 Å². The number of aromatic nitrogens is 1. The maximum Gasteiger partial charge on any atom is 0.251 e. The Labute approximate surface area is 175 Å². The van der Waals surface area contributed by atoms with E-state index in [0.717, 1.165) is 21.8 Å². The molecule has 1 heterocycles. The number of amides is 2. The lowest BCUT2D eigenvalue weighted by Gasteiger charge is -2.08. The molecule has 29 heavy (non-hydrogen) atoms. The molecule has 0 aliphatic rings. The third-order valence-corrected chi connectivity index (χ3v) is 5.30. The van der Waals surface area contributed by atoms with Gasteiger partial charge in [-0.1, -0.05) is 36.4 Å². The van der Waals surface area contributed by atoms with Gasteiger partial charge < -0.3 is 10.6 Å². The minimum absolute atomic E-state index is 0.0868. The normalized spacial score (nSPS) is 10.3. The molecular weight excluding hydrogens is 382 g/mol. The maximum atomic E-state index is 12.2. The molecule has 3 aromatic rings. The van der Waals surface area contributed by atoms with Gasteiger partial charge in [0.15, 0.2) is 0 Å². The van der Waals surface area contributed by atoms with Crippen LogP contribution in [0.1, 0.15) is 27.9 Å². The highest BCUT2D eigenvalue weighted by molar-refractivity contribution is 7.98. The molecule has 0 spiro atoms. The van der Waals surface area contributed by atoms with E-state index < -0.39 is 0 Å². The van der Waals surface area contributed by atoms with E-state index in [-0.39, 0.29) is 18.2 Å². The van der Waals surface area contributed by atoms with Gasteiger partial charge in [-0.25, -0.2) is 0 Å². The van der Waals surface area contributed by atoms with Gasteiger partial charge >= 0.3 is 0 Å². The van der Waals surface area contributed by atoms with E-state index in [4.69, 9.17) is 0 Å². The van der Waals surface area contributed by atoms with Crippen molar-refractivity contribution in [2.24, 2.45) is 0 Å². The van der Waals surface area contributed by atoms with E-state index in [1.54, 1.807) is 30.1 Å². The molecule has 5 nitrogen and oxygen atoms in total. The Morgan fingerprint density at radius 3 is 2.34 bits per heavy atom. The predicted octanol–water partition coefficient (Wildman–Crippen LogP) is 3.81. The fraction of sp³-hybridized carbons (Fsp3) is 0.174. The van der Waals surface area contributed by atoms with Crippen molar-refractivity contribution in [3.63, 3.8) is 0 Å². The summed E-state index contributed by atoms with van der Waals surface area (Å²) in [5.41, 5.74) is 2.79. The lowest BCUT2D eigenvalue weighted by molar-refractivity contribution is -0.121. The second-order valence-corrected chi connectivity index (χ2v) is 7.49. The lowest BCUT2D eigenvalue weighted by atomic mass is 10.2. The summed E-state index contributed by atoms with van der Waals surface area (Å²) in [6.45, 7) is 0.794. The second-order valence-electron chi connectivity index (χ2n) is 6.44. The van der Waals surface area contributed by atoms with Crippen LogP contribution in [0.2, 0.25) is 0 Å². The molecule has 0 aliphatic carbocycles. The average molecular weight is 406 g/mol. The molecule has 6 heteroatoms. The number of benzene rings is 2. The van der Waals surface area contributed by atoms with Gasteiger partial charge in [0.1, 0.15) is 0 Å². The predicted molar refractivity (Wildman–Crippen MR) is 115 cm³/mol. The molecule has 0 bridgehead atoms. The van der Waals surface area contributed by atoms with Crippen LogP contribution in [0.3, 0.4) is 0 Å². The van der Waals surface area contributed by atoms with Gasteiger partial charge in [-0.15, -0.1) is 11.8 Å². The summed E-state index contributed by atoms with van der Waals surface area (Å²) < 4.78 is 0. The topological polar surface area (TPSA) is 71.1 Å². The quantitative estimate of drug-likeness (QED) is 0.531. The van der Waals surface area contributed by atoms with Crippen molar-refractivity contribution in [3.8, 4) is 0 Å². The van der Waals surface area contributed by atoms with Gasteiger partial charge in [0.25, 0.3) is 5.91 Å². The standard InChI is InChI=1S/C23H23N3O2S/c27-22(26-16-18-5-2-1-3-6-18)12-14-25-23(28)20-8-10-21(11-9-20)29-17-19-7-4-13-24-15-19/h1-11,13,15H,12,14,16-17H2,(H,25,28)(H,26,27). The Hall–Kier alpha value is -3.12. The minimum Gasteiger partial charge on any atom is -0.352 e. The number of pyridine rings is 1. The zero-order chi connectivity index (χ0) is 20.3. The molecule has 0 aliphatic heterocycles. The van der Waals surface area contributed by atoms with Gasteiger partial charge in [0.2, 0.25) is 5.91 Å². The number of thioether (sulfide) groups is 1. The van der Waals surface area contributed by atoms with Gasteiger partial charge in [-0.05, 0) is 41.5 Å². The van der Waals surface area contributed by atoms with Gasteiger partial charge in [0, 0.05) is 48.1 Å². The number of carbonyl (C=O) groups is 2. The molecule has 0 saturated heterocycles. The molecular formula is C23H23N3O2S. The molecule has 2 aromatic carbocycles. The van der Waals surface area contributed by atoms with Crippen molar-refractivity contribution in [2.75, 3.05) is 6.54 Å². The summed E-state index contributed by atoms with van der Waals surface area (Å²) in [7, 11) is 0. The lowest BCUT2D eigenvalue weighted by Crippen LogP contribution is -2.30. The van der Waals surface area contributed by atoms with Crippen LogP contribution in [0, 0.1) is 0 Å². The summed E-state index contributed by atoms with van der Waals surface area (Å²) in [5.74, 6) is 0.568. The average Bonchev–Trinajstić information content (AvgIpc) is 2.78. The summed E-state index contributed by atoms with van der Waals surface area (Å²) in [4.78, 5) is 29.3. The van der Waals surface area contributed by atoms with Crippen molar-refractivity contribution in [2.45, 2.75) is 23.6 Å². The summed E-state index contributed by atoms with van der Waals surface area (Å²) in [6, 6.07) is 21.2. The van der Waals surface area contributed by atoms with Crippen LogP contribution < -0.4 is 10.6 Å². The van der Waals surface area contributed by atoms with Crippen LogP contribution in [0.5, 0.6) is 0 Å². The van der Waals surface area contributed by atoms with Crippen molar-refractivity contribution < 1.29 is 9.59 Å². The highest BCUT2D eigenvalue weighted by atomic mass is 32.2. The van der Waals surface area contributed by atoms with Gasteiger partial charge in [-0.2, -0.15) is 0 Å². The fourth-order valence-corrected chi connectivity index (χ4v) is 3.46. The Bertz CT molecular complexity index is 916. The summed E-state index contributed by atoms with van der Waals surface area (Å²) >= 11 is 1.69. The first-order chi connectivity index (χ1) is 14.2. The minimum atomic E-state index is -0.176. The zero-order valence-corrected chi connectivity index (χ0v) is 16.8. The number of rotatable bonds is 9. The first kappa shape index (κ1) is 20.6. The third-order valence-electron chi connectivity index (χ3n) is 4.21. The highest BCUT2D eigenvalue weighted by Gasteiger charge is 2.07. The molecule has 1 aromatic heterocycles. The molecule has 148 valence electrons. The Balaban J connectivity index is 1.37. The monoisotopic (exact) mass is 405 g/mol. The number of carbonyl (C=O) groups excluding carboxylic acids is 2. The molecule has 0 unspecified atom stereocenters. The summed E-state index contributed by atoms with van der Waals surface area (Å²) in [5, 5.41) is 5.64. The second kappa shape index (κ2) is 11.0. The first-order valence-electron chi connectivity index (χ1n) is 9.41. The number of hydrogen-bond acceptors (Lipinski definition) is 4. The summed E-state index contributed by atoms with van der Waals surface area (Å²) in [6.07, 6.45) is 3.86. The molecule has 2 N–H and O–H groups in total. The fourth-order valence-electron chi connectivity index (χ4n) is 2.63. The van der Waals surface area contributed by atoms with Crippen molar-refractivity contribution >= 4 is 23.6 Å². The highest BCUT2D eigenvalue weighted by Crippen LogP contribution is 2.22. The van der Waals surface area contributed by atoms with Crippen molar-refractivity contribution in [3.05, 3.63) is 95.8 Å². The van der Waals surface area contributed by atoms with Crippen molar-refractivity contribution in [1.29, 1.82) is 0 Å². The van der Waals surface area contributed by atoms with Crippen LogP contribution in [-0.2, 0) is 17.1 Å². The van der Waals surface area contributed by atoms with E-state index in [1.807, 2.05) is 60.8 Å². The largest absolute Gasteiger partial charge is 0.352 e. The van der Waals surface area contributed by atoms with E-state index in [0.29, 0.717) is 18.7 Å². The van der Waals surface area contributed by atoms with Gasteiger partial charge in [0.05, 0.1) is 0 Å². The van der Waals surface area contributed by atoms with Crippen LogP contribution >= 0.6 is 11.8 Å². The molecule has 0 saturated carbocycles. The maximum absolute atomic E-state index is 12.2. The van der Waals surface area contributed by atoms with Crippen LogP contribution in [0.15, 0.2) is 84.0 Å². The van der Waals surface area contributed by atoms with E-state index in [9.17, 15) is 9.59 Å². The molecule has 0 atom stereocenters. The Morgan fingerprint density at radius 2 is 1.62 bits per heavy atom. The van der Waals surface area contributed by atoms with E-state index in [1.165, 1.54) is 0 Å². The van der Waals surface area contributed by atoms with Gasteiger partial charge in [-0.3, -0.25) is 14.6 Å². The van der Waals surface area contributed by atoms with E-state index in [2.05, 4.69) is 15.6 Å². The van der Waals surface area contributed by atoms with Crippen LogP contribution in [0.4, 0.5) is 0 Å². The number of hydrogen-bond donors (Lipinski definition) is 2. The Kier molecular flexibility index (Phi) is 7.83. The van der Waals surface area contributed by atoms with E-state index >= 15 is 0 Å². The SMILES string of the molecule is O=C(CCNC(=O)c1ccc(SCc2cccnc2)cc1)NCc1ccccc1. The number of nitrogens with zero attached hydrogens (tertiary/aromatic N) is 1. The molecule has 3 rings (SSSR count).